The fraction of sp³-hybridized carbons (Fsp3) is 0.0769. The third-order valence-corrected chi connectivity index (χ3v) is 5.47. The summed E-state index contributed by atoms with van der Waals surface area (Å²) in [5.74, 6) is -0.295. The maximum absolute atomic E-state index is 12.4. The molecule has 0 aliphatic heterocycles. The highest BCUT2D eigenvalue weighted by Gasteiger charge is 2.19. The smallest absolute Gasteiger partial charge is 0.182 e. The van der Waals surface area contributed by atoms with Crippen LogP contribution in [0.15, 0.2) is 41.3 Å². The van der Waals surface area contributed by atoms with E-state index < -0.39 is 9.84 Å². The van der Waals surface area contributed by atoms with Crippen LogP contribution in [0.4, 0.5) is 5.69 Å². The molecule has 20 heavy (non-hydrogen) atoms. The SMILES string of the molecule is Nc1cccc(Cl)c1CS(=O)(=O)c1ccc(Cl)c(Cl)c1. The monoisotopic (exact) mass is 349 g/mol. The summed E-state index contributed by atoms with van der Waals surface area (Å²) in [5, 5.41) is 0.788. The van der Waals surface area contributed by atoms with E-state index in [1.165, 1.54) is 18.2 Å². The summed E-state index contributed by atoms with van der Waals surface area (Å²) < 4.78 is 24.7. The maximum atomic E-state index is 12.4. The van der Waals surface area contributed by atoms with Gasteiger partial charge in [0.2, 0.25) is 0 Å². The number of nitrogen functional groups attached to an aromatic ring is 1. The van der Waals surface area contributed by atoms with Crippen LogP contribution < -0.4 is 5.73 Å². The van der Waals surface area contributed by atoms with E-state index in [0.29, 0.717) is 21.3 Å². The second-order valence-corrected chi connectivity index (χ2v) is 7.35. The quantitative estimate of drug-likeness (QED) is 0.844. The Hall–Kier alpha value is -0.940. The van der Waals surface area contributed by atoms with Gasteiger partial charge in [-0.2, -0.15) is 0 Å². The summed E-state index contributed by atoms with van der Waals surface area (Å²) in [6.45, 7) is 0. The fourth-order valence-corrected chi connectivity index (χ4v) is 3.80. The molecule has 0 aliphatic rings. The first kappa shape index (κ1) is 15.4. The highest BCUT2D eigenvalue weighted by Crippen LogP contribution is 2.29. The second kappa shape index (κ2) is 5.82. The average molecular weight is 351 g/mol. The zero-order chi connectivity index (χ0) is 14.9. The van der Waals surface area contributed by atoms with Crippen molar-refractivity contribution in [3.05, 3.63) is 57.0 Å². The molecule has 0 radical (unpaired) electrons. The van der Waals surface area contributed by atoms with Crippen molar-refractivity contribution >= 4 is 50.3 Å². The number of anilines is 1. The van der Waals surface area contributed by atoms with Crippen molar-refractivity contribution in [2.24, 2.45) is 0 Å². The highest BCUT2D eigenvalue weighted by atomic mass is 35.5. The molecule has 0 bridgehead atoms. The normalized spacial score (nSPS) is 11.6. The molecular weight excluding hydrogens is 341 g/mol. The Balaban J connectivity index is 2.43. The van der Waals surface area contributed by atoms with Crippen LogP contribution in [-0.2, 0) is 15.6 Å². The molecule has 0 atom stereocenters. The molecule has 0 amide bonds. The number of hydrogen-bond acceptors (Lipinski definition) is 3. The number of hydrogen-bond donors (Lipinski definition) is 1. The molecule has 0 spiro atoms. The third-order valence-electron chi connectivity index (χ3n) is 2.74. The maximum Gasteiger partial charge on any atom is 0.182 e. The topological polar surface area (TPSA) is 60.2 Å². The zero-order valence-electron chi connectivity index (χ0n) is 10.1. The molecule has 0 saturated heterocycles. The van der Waals surface area contributed by atoms with Crippen molar-refractivity contribution in [3.8, 4) is 0 Å². The highest BCUT2D eigenvalue weighted by molar-refractivity contribution is 7.90. The van der Waals surface area contributed by atoms with Crippen molar-refractivity contribution in [3.63, 3.8) is 0 Å². The lowest BCUT2D eigenvalue weighted by molar-refractivity contribution is 0.595. The van der Waals surface area contributed by atoms with Crippen LogP contribution in [0, 0.1) is 0 Å². The molecule has 2 aromatic rings. The van der Waals surface area contributed by atoms with E-state index in [1.54, 1.807) is 18.2 Å². The van der Waals surface area contributed by atoms with Crippen molar-refractivity contribution in [2.45, 2.75) is 10.6 Å². The molecule has 2 rings (SSSR count). The standard InChI is InChI=1S/C13H10Cl3NO2S/c14-10-2-1-3-13(17)9(10)7-20(18,19)8-4-5-11(15)12(16)6-8/h1-6H,7,17H2. The predicted molar refractivity (Wildman–Crippen MR) is 83.2 cm³/mol. The van der Waals surface area contributed by atoms with Gasteiger partial charge in [-0.3, -0.25) is 0 Å². The average Bonchev–Trinajstić information content (AvgIpc) is 2.37. The molecule has 0 aliphatic carbocycles. The largest absolute Gasteiger partial charge is 0.398 e. The first-order chi connectivity index (χ1) is 9.31. The van der Waals surface area contributed by atoms with E-state index >= 15 is 0 Å². The predicted octanol–water partition coefficient (Wildman–Crippen LogP) is 4.20. The first-order valence-electron chi connectivity index (χ1n) is 5.52. The van der Waals surface area contributed by atoms with Crippen LogP contribution >= 0.6 is 34.8 Å². The van der Waals surface area contributed by atoms with E-state index in [2.05, 4.69) is 0 Å². The fourth-order valence-electron chi connectivity index (χ4n) is 1.67. The van der Waals surface area contributed by atoms with Gasteiger partial charge < -0.3 is 5.73 Å². The minimum absolute atomic E-state index is 0.0752. The number of halogens is 3. The molecule has 0 saturated carbocycles. The Kier molecular flexibility index (Phi) is 4.49. The van der Waals surface area contributed by atoms with Gasteiger partial charge >= 0.3 is 0 Å². The Bertz CT molecular complexity index is 740. The van der Waals surface area contributed by atoms with Crippen LogP contribution in [0.5, 0.6) is 0 Å². The van der Waals surface area contributed by atoms with Crippen molar-refractivity contribution in [1.29, 1.82) is 0 Å². The van der Waals surface area contributed by atoms with Gasteiger partial charge in [-0.15, -0.1) is 0 Å². The van der Waals surface area contributed by atoms with E-state index in [0.717, 1.165) is 0 Å². The van der Waals surface area contributed by atoms with Crippen LogP contribution in [0.2, 0.25) is 15.1 Å². The second-order valence-electron chi connectivity index (χ2n) is 4.14. The molecule has 2 N–H and O–H groups in total. The summed E-state index contributed by atoms with van der Waals surface area (Å²) in [7, 11) is -3.61. The molecule has 106 valence electrons. The van der Waals surface area contributed by atoms with E-state index in [-0.39, 0.29) is 15.7 Å². The molecule has 0 aromatic heterocycles. The molecule has 0 unspecified atom stereocenters. The molecule has 3 nitrogen and oxygen atoms in total. The van der Waals surface area contributed by atoms with Gasteiger partial charge in [0, 0.05) is 16.3 Å². The zero-order valence-corrected chi connectivity index (χ0v) is 13.2. The lowest BCUT2D eigenvalue weighted by Crippen LogP contribution is -2.07. The molecule has 7 heteroatoms. The summed E-state index contributed by atoms with van der Waals surface area (Å²) >= 11 is 17.6. The number of nitrogens with two attached hydrogens (primary N) is 1. The van der Waals surface area contributed by atoms with Crippen LogP contribution in [0.25, 0.3) is 0 Å². The Morgan fingerprint density at radius 1 is 0.950 bits per heavy atom. The first-order valence-corrected chi connectivity index (χ1v) is 8.30. The van der Waals surface area contributed by atoms with Crippen molar-refractivity contribution < 1.29 is 8.42 Å². The summed E-state index contributed by atoms with van der Waals surface area (Å²) in [4.78, 5) is 0.0752. The molecule has 0 heterocycles. The van der Waals surface area contributed by atoms with Crippen LogP contribution in [-0.4, -0.2) is 8.42 Å². The summed E-state index contributed by atoms with van der Waals surface area (Å²) in [5.41, 5.74) is 6.47. The number of rotatable bonds is 3. The Labute approximate surface area is 132 Å². The van der Waals surface area contributed by atoms with Crippen molar-refractivity contribution in [1.82, 2.24) is 0 Å². The van der Waals surface area contributed by atoms with Gasteiger partial charge in [0.1, 0.15) is 0 Å². The van der Waals surface area contributed by atoms with Gasteiger partial charge in [-0.25, -0.2) is 8.42 Å². The summed E-state index contributed by atoms with van der Waals surface area (Å²) in [6, 6.07) is 9.01. The minimum Gasteiger partial charge on any atom is -0.398 e. The molecule has 2 aromatic carbocycles. The van der Waals surface area contributed by atoms with Gasteiger partial charge in [-0.1, -0.05) is 40.9 Å². The van der Waals surface area contributed by atoms with Gasteiger partial charge in [0.05, 0.1) is 20.7 Å². The summed E-state index contributed by atoms with van der Waals surface area (Å²) in [6.07, 6.45) is 0. The number of sulfone groups is 1. The molecule has 0 fully saturated rings. The Morgan fingerprint density at radius 2 is 1.65 bits per heavy atom. The van der Waals surface area contributed by atoms with Crippen LogP contribution in [0.1, 0.15) is 5.56 Å². The molecular formula is C13H10Cl3NO2S. The minimum atomic E-state index is -3.61. The lowest BCUT2D eigenvalue weighted by atomic mass is 10.2. The van der Waals surface area contributed by atoms with E-state index in [4.69, 9.17) is 40.5 Å². The van der Waals surface area contributed by atoms with E-state index in [1.807, 2.05) is 0 Å². The lowest BCUT2D eigenvalue weighted by Gasteiger charge is -2.09. The van der Waals surface area contributed by atoms with Gasteiger partial charge in [-0.05, 0) is 30.3 Å². The van der Waals surface area contributed by atoms with Crippen molar-refractivity contribution in [2.75, 3.05) is 5.73 Å². The van der Waals surface area contributed by atoms with Gasteiger partial charge in [0.25, 0.3) is 0 Å². The van der Waals surface area contributed by atoms with Crippen LogP contribution in [0.3, 0.4) is 0 Å². The number of benzene rings is 2. The van der Waals surface area contributed by atoms with Gasteiger partial charge in [0.15, 0.2) is 9.84 Å². The third kappa shape index (κ3) is 3.20. The Morgan fingerprint density at radius 3 is 2.25 bits per heavy atom. The van der Waals surface area contributed by atoms with E-state index in [9.17, 15) is 8.42 Å².